The van der Waals surface area contributed by atoms with Crippen molar-refractivity contribution in [1.29, 1.82) is 0 Å². The van der Waals surface area contributed by atoms with Crippen molar-refractivity contribution in [1.82, 2.24) is 14.9 Å². The molecule has 1 amide bonds. The van der Waals surface area contributed by atoms with Crippen LogP contribution in [0, 0.1) is 0 Å². The van der Waals surface area contributed by atoms with Crippen LogP contribution in [0.3, 0.4) is 0 Å². The standard InChI is InChI=1S/C15H11Cl2N3O2S/c1-20(15(22)9-3-2-8(16)6-10(9)17)7-12-18-11-4-5-23-13(11)14(21)19-12/h2-6H,7H2,1H3,(H,18,19,21). The molecule has 0 aliphatic rings. The number of benzene rings is 1. The Morgan fingerprint density at radius 2 is 2.13 bits per heavy atom. The summed E-state index contributed by atoms with van der Waals surface area (Å²) in [6, 6.07) is 6.46. The van der Waals surface area contributed by atoms with Crippen LogP contribution in [0.2, 0.25) is 10.0 Å². The maximum Gasteiger partial charge on any atom is 0.268 e. The molecule has 0 atom stereocenters. The summed E-state index contributed by atoms with van der Waals surface area (Å²) in [5.41, 5.74) is 0.766. The molecule has 1 N–H and O–H groups in total. The van der Waals surface area contributed by atoms with Crippen LogP contribution in [-0.2, 0) is 6.54 Å². The van der Waals surface area contributed by atoms with Crippen molar-refractivity contribution >= 4 is 50.7 Å². The Labute approximate surface area is 145 Å². The number of aromatic amines is 1. The largest absolute Gasteiger partial charge is 0.334 e. The van der Waals surface area contributed by atoms with Crippen LogP contribution in [0.5, 0.6) is 0 Å². The Hall–Kier alpha value is -1.89. The second kappa shape index (κ2) is 6.31. The lowest BCUT2D eigenvalue weighted by molar-refractivity contribution is 0.0781. The van der Waals surface area contributed by atoms with Crippen LogP contribution in [0.1, 0.15) is 16.2 Å². The Morgan fingerprint density at radius 1 is 1.35 bits per heavy atom. The fraction of sp³-hybridized carbons (Fsp3) is 0.133. The molecule has 0 unspecified atom stereocenters. The van der Waals surface area contributed by atoms with E-state index in [-0.39, 0.29) is 23.0 Å². The van der Waals surface area contributed by atoms with Crippen molar-refractivity contribution in [2.24, 2.45) is 0 Å². The zero-order chi connectivity index (χ0) is 16.6. The van der Waals surface area contributed by atoms with Gasteiger partial charge in [0.2, 0.25) is 0 Å². The van der Waals surface area contributed by atoms with E-state index in [2.05, 4.69) is 9.97 Å². The molecule has 118 valence electrons. The van der Waals surface area contributed by atoms with Crippen molar-refractivity contribution in [2.75, 3.05) is 7.05 Å². The number of carbonyl (C=O) groups is 1. The number of hydrogen-bond acceptors (Lipinski definition) is 4. The summed E-state index contributed by atoms with van der Waals surface area (Å²) in [6.07, 6.45) is 0. The normalized spacial score (nSPS) is 10.9. The van der Waals surface area contributed by atoms with Crippen molar-refractivity contribution in [2.45, 2.75) is 6.54 Å². The van der Waals surface area contributed by atoms with Crippen molar-refractivity contribution in [3.63, 3.8) is 0 Å². The highest BCUT2D eigenvalue weighted by Gasteiger charge is 2.17. The molecule has 0 aliphatic carbocycles. The summed E-state index contributed by atoms with van der Waals surface area (Å²) in [5.74, 6) is 0.140. The van der Waals surface area contributed by atoms with E-state index >= 15 is 0 Å². The van der Waals surface area contributed by atoms with Gasteiger partial charge in [0.1, 0.15) is 10.5 Å². The molecular formula is C15H11Cl2N3O2S. The molecule has 0 saturated heterocycles. The molecule has 2 aromatic heterocycles. The number of thiophene rings is 1. The van der Waals surface area contributed by atoms with Gasteiger partial charge < -0.3 is 9.88 Å². The molecule has 8 heteroatoms. The van der Waals surface area contributed by atoms with Crippen molar-refractivity contribution in [3.05, 3.63) is 61.4 Å². The molecule has 3 aromatic rings. The van der Waals surface area contributed by atoms with Crippen molar-refractivity contribution in [3.8, 4) is 0 Å². The lowest BCUT2D eigenvalue weighted by atomic mass is 10.2. The van der Waals surface area contributed by atoms with Gasteiger partial charge in [-0.15, -0.1) is 11.3 Å². The smallest absolute Gasteiger partial charge is 0.268 e. The molecule has 0 bridgehead atoms. The summed E-state index contributed by atoms with van der Waals surface area (Å²) >= 11 is 13.2. The number of aromatic nitrogens is 2. The molecule has 3 rings (SSSR count). The van der Waals surface area contributed by atoms with Gasteiger partial charge in [-0.3, -0.25) is 9.59 Å². The first-order valence-corrected chi connectivity index (χ1v) is 8.26. The van der Waals surface area contributed by atoms with E-state index in [9.17, 15) is 9.59 Å². The number of fused-ring (bicyclic) bond motifs is 1. The molecule has 0 aliphatic heterocycles. The monoisotopic (exact) mass is 367 g/mol. The number of halogens is 2. The Morgan fingerprint density at radius 3 is 2.87 bits per heavy atom. The molecular weight excluding hydrogens is 357 g/mol. The first kappa shape index (κ1) is 16.0. The molecule has 23 heavy (non-hydrogen) atoms. The van der Waals surface area contributed by atoms with Gasteiger partial charge in [-0.05, 0) is 29.6 Å². The third kappa shape index (κ3) is 3.24. The molecule has 0 spiro atoms. The van der Waals surface area contributed by atoms with Gasteiger partial charge in [0.15, 0.2) is 0 Å². The van der Waals surface area contributed by atoms with Crippen LogP contribution >= 0.6 is 34.5 Å². The van der Waals surface area contributed by atoms with Crippen LogP contribution < -0.4 is 5.56 Å². The quantitative estimate of drug-likeness (QED) is 0.769. The molecule has 1 aromatic carbocycles. The number of carbonyl (C=O) groups excluding carboxylic acids is 1. The Bertz CT molecular complexity index is 951. The van der Waals surface area contributed by atoms with Gasteiger partial charge in [0.25, 0.3) is 11.5 Å². The van der Waals surface area contributed by atoms with Gasteiger partial charge in [0.05, 0.1) is 22.6 Å². The van der Waals surface area contributed by atoms with Crippen LogP contribution in [-0.4, -0.2) is 27.8 Å². The van der Waals surface area contributed by atoms with Gasteiger partial charge in [-0.2, -0.15) is 0 Å². The number of H-pyrrole nitrogens is 1. The van der Waals surface area contributed by atoms with Crippen molar-refractivity contribution < 1.29 is 4.79 Å². The minimum atomic E-state index is -0.278. The average molecular weight is 368 g/mol. The van der Waals surface area contributed by atoms with E-state index in [0.29, 0.717) is 26.6 Å². The Balaban J connectivity index is 1.86. The van der Waals surface area contributed by atoms with Crippen LogP contribution in [0.4, 0.5) is 0 Å². The molecule has 0 saturated carbocycles. The SMILES string of the molecule is CN(Cc1nc2ccsc2c(=O)[nH]1)C(=O)c1ccc(Cl)cc1Cl. The maximum absolute atomic E-state index is 12.5. The molecule has 0 radical (unpaired) electrons. The molecule has 5 nitrogen and oxygen atoms in total. The second-order valence-electron chi connectivity index (χ2n) is 4.93. The predicted octanol–water partition coefficient (Wildman–Crippen LogP) is 3.56. The fourth-order valence-electron chi connectivity index (χ4n) is 2.16. The molecule has 0 fully saturated rings. The lowest BCUT2D eigenvalue weighted by Crippen LogP contribution is -2.28. The van der Waals surface area contributed by atoms with E-state index in [0.717, 1.165) is 0 Å². The van der Waals surface area contributed by atoms with Gasteiger partial charge in [0, 0.05) is 12.1 Å². The van der Waals surface area contributed by atoms with E-state index in [4.69, 9.17) is 23.2 Å². The van der Waals surface area contributed by atoms with E-state index in [1.165, 1.54) is 22.3 Å². The highest BCUT2D eigenvalue weighted by Crippen LogP contribution is 2.22. The summed E-state index contributed by atoms with van der Waals surface area (Å²) in [6.45, 7) is 0.165. The van der Waals surface area contributed by atoms with Gasteiger partial charge in [-0.1, -0.05) is 23.2 Å². The zero-order valence-electron chi connectivity index (χ0n) is 12.0. The fourth-order valence-corrected chi connectivity index (χ4v) is 3.38. The topological polar surface area (TPSA) is 66.1 Å². The maximum atomic E-state index is 12.5. The summed E-state index contributed by atoms with van der Waals surface area (Å²) in [7, 11) is 1.62. The third-order valence-electron chi connectivity index (χ3n) is 3.26. The Kier molecular flexibility index (Phi) is 4.39. The van der Waals surface area contributed by atoms with E-state index in [1.54, 1.807) is 30.6 Å². The average Bonchev–Trinajstić information content (AvgIpc) is 2.95. The second-order valence-corrected chi connectivity index (χ2v) is 6.69. The lowest BCUT2D eigenvalue weighted by Gasteiger charge is -2.17. The van der Waals surface area contributed by atoms with E-state index in [1.807, 2.05) is 0 Å². The summed E-state index contributed by atoms with van der Waals surface area (Å²) in [4.78, 5) is 32.9. The number of nitrogens with zero attached hydrogens (tertiary/aromatic N) is 2. The number of rotatable bonds is 3. The van der Waals surface area contributed by atoms with E-state index < -0.39 is 0 Å². The predicted molar refractivity (Wildman–Crippen MR) is 92.5 cm³/mol. The highest BCUT2D eigenvalue weighted by atomic mass is 35.5. The first-order valence-electron chi connectivity index (χ1n) is 6.62. The highest BCUT2D eigenvalue weighted by molar-refractivity contribution is 7.17. The number of nitrogens with one attached hydrogen (secondary N) is 1. The minimum Gasteiger partial charge on any atom is -0.334 e. The summed E-state index contributed by atoms with van der Waals surface area (Å²) in [5, 5.41) is 2.55. The van der Waals surface area contributed by atoms with Gasteiger partial charge >= 0.3 is 0 Å². The minimum absolute atomic E-state index is 0.165. The van der Waals surface area contributed by atoms with Crippen LogP contribution in [0.15, 0.2) is 34.4 Å². The van der Waals surface area contributed by atoms with Gasteiger partial charge in [-0.25, -0.2) is 4.98 Å². The summed E-state index contributed by atoms with van der Waals surface area (Å²) < 4.78 is 0.573. The number of amides is 1. The number of hydrogen-bond donors (Lipinski definition) is 1. The third-order valence-corrected chi connectivity index (χ3v) is 4.71. The molecule has 2 heterocycles. The zero-order valence-corrected chi connectivity index (χ0v) is 14.3. The first-order chi connectivity index (χ1) is 11.0. The van der Waals surface area contributed by atoms with Crippen LogP contribution in [0.25, 0.3) is 10.2 Å².